The van der Waals surface area contributed by atoms with Gasteiger partial charge in [0.25, 0.3) is 0 Å². The standard InChI is InChI=1S/C10H14ClFN2/c11-10-3-2-9(12)6-8(10)7-14-5-1-4-13/h2-3,6,14H,1,4-5,7,13H2. The summed E-state index contributed by atoms with van der Waals surface area (Å²) in [5.41, 5.74) is 6.12. The normalized spacial score (nSPS) is 10.5. The Morgan fingerprint density at radius 2 is 2.21 bits per heavy atom. The zero-order valence-electron chi connectivity index (χ0n) is 7.89. The summed E-state index contributed by atoms with van der Waals surface area (Å²) < 4.78 is 12.8. The maximum atomic E-state index is 12.8. The van der Waals surface area contributed by atoms with Gasteiger partial charge in [0.1, 0.15) is 5.82 Å². The second kappa shape index (κ2) is 5.96. The monoisotopic (exact) mass is 216 g/mol. The van der Waals surface area contributed by atoms with Crippen LogP contribution in [0.15, 0.2) is 18.2 Å². The first kappa shape index (κ1) is 11.4. The summed E-state index contributed by atoms with van der Waals surface area (Å²) in [6.07, 6.45) is 0.910. The summed E-state index contributed by atoms with van der Waals surface area (Å²) >= 11 is 5.88. The van der Waals surface area contributed by atoms with Crippen LogP contribution in [0.4, 0.5) is 4.39 Å². The van der Waals surface area contributed by atoms with E-state index in [4.69, 9.17) is 17.3 Å². The van der Waals surface area contributed by atoms with E-state index in [9.17, 15) is 4.39 Å². The van der Waals surface area contributed by atoms with E-state index < -0.39 is 0 Å². The summed E-state index contributed by atoms with van der Waals surface area (Å²) in [5, 5.41) is 3.73. The smallest absolute Gasteiger partial charge is 0.123 e. The molecule has 3 N–H and O–H groups in total. The molecule has 0 unspecified atom stereocenters. The first-order valence-corrected chi connectivity index (χ1v) is 4.96. The highest BCUT2D eigenvalue weighted by Crippen LogP contribution is 2.16. The van der Waals surface area contributed by atoms with E-state index in [1.165, 1.54) is 12.1 Å². The fourth-order valence-electron chi connectivity index (χ4n) is 1.13. The molecule has 2 nitrogen and oxygen atoms in total. The lowest BCUT2D eigenvalue weighted by Crippen LogP contribution is -2.17. The van der Waals surface area contributed by atoms with Crippen molar-refractivity contribution in [3.8, 4) is 0 Å². The summed E-state index contributed by atoms with van der Waals surface area (Å²) in [4.78, 5) is 0. The maximum Gasteiger partial charge on any atom is 0.123 e. The maximum absolute atomic E-state index is 12.8. The number of rotatable bonds is 5. The summed E-state index contributed by atoms with van der Waals surface area (Å²) in [5.74, 6) is -0.259. The van der Waals surface area contributed by atoms with Crippen LogP contribution >= 0.6 is 11.6 Å². The molecule has 0 atom stereocenters. The molecule has 0 aliphatic heterocycles. The van der Waals surface area contributed by atoms with E-state index in [2.05, 4.69) is 5.32 Å². The van der Waals surface area contributed by atoms with Crippen molar-refractivity contribution in [2.45, 2.75) is 13.0 Å². The molecule has 1 aromatic carbocycles. The molecular formula is C10H14ClFN2. The van der Waals surface area contributed by atoms with Crippen LogP contribution in [0.1, 0.15) is 12.0 Å². The van der Waals surface area contributed by atoms with E-state index in [0.717, 1.165) is 18.5 Å². The molecule has 0 aromatic heterocycles. The second-order valence-corrected chi connectivity index (χ2v) is 3.46. The second-order valence-electron chi connectivity index (χ2n) is 3.05. The van der Waals surface area contributed by atoms with Crippen LogP contribution in [-0.2, 0) is 6.54 Å². The molecule has 1 aromatic rings. The van der Waals surface area contributed by atoms with Crippen LogP contribution in [0.2, 0.25) is 5.02 Å². The van der Waals surface area contributed by atoms with Crippen LogP contribution in [0.5, 0.6) is 0 Å². The number of halogens is 2. The predicted octanol–water partition coefficient (Wildman–Crippen LogP) is 1.92. The number of nitrogens with two attached hydrogens (primary N) is 1. The fourth-order valence-corrected chi connectivity index (χ4v) is 1.31. The van der Waals surface area contributed by atoms with Gasteiger partial charge < -0.3 is 11.1 Å². The molecule has 0 amide bonds. The Balaban J connectivity index is 2.45. The molecule has 0 aliphatic rings. The van der Waals surface area contributed by atoms with Gasteiger partial charge in [-0.1, -0.05) is 11.6 Å². The molecule has 1 rings (SSSR count). The number of nitrogens with one attached hydrogen (secondary N) is 1. The van der Waals surface area contributed by atoms with E-state index in [-0.39, 0.29) is 5.82 Å². The van der Waals surface area contributed by atoms with Crippen LogP contribution in [-0.4, -0.2) is 13.1 Å². The summed E-state index contributed by atoms with van der Waals surface area (Å²) in [7, 11) is 0. The van der Waals surface area contributed by atoms with E-state index in [0.29, 0.717) is 18.1 Å². The van der Waals surface area contributed by atoms with Crippen molar-refractivity contribution in [1.29, 1.82) is 0 Å². The van der Waals surface area contributed by atoms with Crippen molar-refractivity contribution < 1.29 is 4.39 Å². The topological polar surface area (TPSA) is 38.0 Å². The molecule has 0 spiro atoms. The van der Waals surface area contributed by atoms with Crippen molar-refractivity contribution in [2.75, 3.05) is 13.1 Å². The van der Waals surface area contributed by atoms with E-state index >= 15 is 0 Å². The van der Waals surface area contributed by atoms with Crippen molar-refractivity contribution in [3.63, 3.8) is 0 Å². The molecule has 0 aliphatic carbocycles. The third-order valence-electron chi connectivity index (χ3n) is 1.88. The molecule has 0 saturated heterocycles. The molecule has 14 heavy (non-hydrogen) atoms. The lowest BCUT2D eigenvalue weighted by atomic mass is 10.2. The molecule has 4 heteroatoms. The zero-order valence-corrected chi connectivity index (χ0v) is 8.65. The van der Waals surface area contributed by atoms with Gasteiger partial charge in [0, 0.05) is 11.6 Å². The highest BCUT2D eigenvalue weighted by Gasteiger charge is 2.00. The van der Waals surface area contributed by atoms with Crippen LogP contribution in [0, 0.1) is 5.82 Å². The minimum atomic E-state index is -0.259. The van der Waals surface area contributed by atoms with Crippen molar-refractivity contribution >= 4 is 11.6 Å². The Hall–Kier alpha value is -0.640. The highest BCUT2D eigenvalue weighted by molar-refractivity contribution is 6.31. The van der Waals surface area contributed by atoms with Gasteiger partial charge >= 0.3 is 0 Å². The van der Waals surface area contributed by atoms with Gasteiger partial charge in [-0.25, -0.2) is 4.39 Å². The minimum absolute atomic E-state index is 0.259. The largest absolute Gasteiger partial charge is 0.330 e. The minimum Gasteiger partial charge on any atom is -0.330 e. The zero-order chi connectivity index (χ0) is 10.4. The lowest BCUT2D eigenvalue weighted by Gasteiger charge is -2.05. The van der Waals surface area contributed by atoms with Gasteiger partial charge in [-0.05, 0) is 43.3 Å². The van der Waals surface area contributed by atoms with Gasteiger partial charge in [0.2, 0.25) is 0 Å². The Morgan fingerprint density at radius 3 is 2.93 bits per heavy atom. The van der Waals surface area contributed by atoms with Crippen molar-refractivity contribution in [3.05, 3.63) is 34.6 Å². The summed E-state index contributed by atoms with van der Waals surface area (Å²) in [6.45, 7) is 2.06. The van der Waals surface area contributed by atoms with Gasteiger partial charge in [-0.15, -0.1) is 0 Å². The quantitative estimate of drug-likeness (QED) is 0.738. The van der Waals surface area contributed by atoms with Gasteiger partial charge in [-0.3, -0.25) is 0 Å². The first-order chi connectivity index (χ1) is 6.74. The summed E-state index contributed by atoms with van der Waals surface area (Å²) in [6, 6.07) is 4.36. The molecule has 0 fully saturated rings. The predicted molar refractivity (Wildman–Crippen MR) is 56.8 cm³/mol. The van der Waals surface area contributed by atoms with E-state index in [1.807, 2.05) is 0 Å². The average molecular weight is 217 g/mol. The Kier molecular flexibility index (Phi) is 4.87. The number of benzene rings is 1. The Morgan fingerprint density at radius 1 is 1.43 bits per heavy atom. The van der Waals surface area contributed by atoms with Crippen molar-refractivity contribution in [2.24, 2.45) is 5.73 Å². The van der Waals surface area contributed by atoms with Crippen LogP contribution < -0.4 is 11.1 Å². The third-order valence-corrected chi connectivity index (χ3v) is 2.25. The number of hydrogen-bond donors (Lipinski definition) is 2. The number of hydrogen-bond acceptors (Lipinski definition) is 2. The lowest BCUT2D eigenvalue weighted by molar-refractivity contribution is 0.617. The Labute approximate surface area is 88.2 Å². The van der Waals surface area contributed by atoms with Gasteiger partial charge in [0.05, 0.1) is 0 Å². The Bertz CT molecular complexity index is 291. The third kappa shape index (κ3) is 3.62. The van der Waals surface area contributed by atoms with E-state index in [1.54, 1.807) is 6.07 Å². The molecule has 0 heterocycles. The van der Waals surface area contributed by atoms with Crippen LogP contribution in [0.25, 0.3) is 0 Å². The molecule has 78 valence electrons. The van der Waals surface area contributed by atoms with Gasteiger partial charge in [0.15, 0.2) is 0 Å². The van der Waals surface area contributed by atoms with Crippen molar-refractivity contribution in [1.82, 2.24) is 5.32 Å². The first-order valence-electron chi connectivity index (χ1n) is 4.58. The molecule has 0 bridgehead atoms. The molecule has 0 saturated carbocycles. The van der Waals surface area contributed by atoms with Gasteiger partial charge in [-0.2, -0.15) is 0 Å². The molecular weight excluding hydrogens is 203 g/mol. The molecule has 0 radical (unpaired) electrons. The fraction of sp³-hybridized carbons (Fsp3) is 0.400. The SMILES string of the molecule is NCCCNCc1cc(F)ccc1Cl. The van der Waals surface area contributed by atoms with Crippen LogP contribution in [0.3, 0.4) is 0 Å². The highest BCUT2D eigenvalue weighted by atomic mass is 35.5. The average Bonchev–Trinajstić information content (AvgIpc) is 2.18.